The number of ether oxygens (including phenoxy) is 1. The lowest BCUT2D eigenvalue weighted by Gasteiger charge is -2.28. The summed E-state index contributed by atoms with van der Waals surface area (Å²) in [6, 6.07) is -1.43. The summed E-state index contributed by atoms with van der Waals surface area (Å²) in [6.45, 7) is 4.91. The molecule has 0 spiro atoms. The summed E-state index contributed by atoms with van der Waals surface area (Å²) in [5.41, 5.74) is -2.83. The molecule has 0 radical (unpaired) electrons. The number of aromatic amines is 1. The number of halogens is 5. The van der Waals surface area contributed by atoms with Crippen molar-refractivity contribution in [1.29, 1.82) is 0 Å². The molecule has 5 nitrogen and oxygen atoms in total. The Morgan fingerprint density at radius 3 is 2.35 bits per heavy atom. The fraction of sp³-hybridized carbons (Fsp3) is 0.692. The number of hydrogen-bond acceptors (Lipinski definition) is 4. The molecule has 1 aromatic rings. The van der Waals surface area contributed by atoms with E-state index in [1.54, 1.807) is 20.8 Å². The normalized spacial score (nSPS) is 19.4. The largest absolute Gasteiger partial charge is 0.459 e. The van der Waals surface area contributed by atoms with Crippen LogP contribution in [0.5, 0.6) is 0 Å². The molecule has 130 valence electrons. The molecule has 0 aliphatic carbocycles. The second-order valence-electron chi connectivity index (χ2n) is 6.21. The highest BCUT2D eigenvalue weighted by atomic mass is 19.4. The SMILES string of the molecule is CC(C)(C)OC(=O)C1NCCc2[nH]nc(C(F)(F)C(F)(F)F)c21. The Labute approximate surface area is 128 Å². The third-order valence-electron chi connectivity index (χ3n) is 3.19. The molecule has 1 aliphatic heterocycles. The van der Waals surface area contributed by atoms with Gasteiger partial charge in [0.25, 0.3) is 0 Å². The lowest BCUT2D eigenvalue weighted by molar-refractivity contribution is -0.291. The molecule has 0 fully saturated rings. The van der Waals surface area contributed by atoms with Gasteiger partial charge in [-0.2, -0.15) is 27.1 Å². The summed E-state index contributed by atoms with van der Waals surface area (Å²) < 4.78 is 70.3. The smallest absolute Gasteiger partial charge is 0.459 e. The number of aromatic nitrogens is 2. The van der Waals surface area contributed by atoms with Gasteiger partial charge in [-0.25, -0.2) is 4.79 Å². The summed E-state index contributed by atoms with van der Waals surface area (Å²) in [4.78, 5) is 12.2. The third-order valence-corrected chi connectivity index (χ3v) is 3.19. The summed E-state index contributed by atoms with van der Waals surface area (Å²) in [5, 5.41) is 7.91. The van der Waals surface area contributed by atoms with E-state index in [9.17, 15) is 26.7 Å². The van der Waals surface area contributed by atoms with Gasteiger partial charge in [0, 0.05) is 24.2 Å². The minimum absolute atomic E-state index is 0.0681. The zero-order valence-electron chi connectivity index (χ0n) is 12.6. The number of carbonyl (C=O) groups is 1. The van der Waals surface area contributed by atoms with E-state index in [-0.39, 0.29) is 18.7 Å². The van der Waals surface area contributed by atoms with Gasteiger partial charge in [-0.15, -0.1) is 0 Å². The van der Waals surface area contributed by atoms with E-state index < -0.39 is 41.0 Å². The minimum Gasteiger partial charge on any atom is -0.459 e. The maximum absolute atomic E-state index is 13.7. The van der Waals surface area contributed by atoms with Crippen molar-refractivity contribution in [2.45, 2.75) is 50.9 Å². The molecule has 1 aliphatic rings. The molecule has 0 amide bonds. The van der Waals surface area contributed by atoms with Gasteiger partial charge in [0.05, 0.1) is 0 Å². The first-order valence-corrected chi connectivity index (χ1v) is 6.83. The van der Waals surface area contributed by atoms with Gasteiger partial charge in [-0.1, -0.05) is 0 Å². The number of nitrogens with one attached hydrogen (secondary N) is 2. The number of fused-ring (bicyclic) bond motifs is 1. The van der Waals surface area contributed by atoms with Gasteiger partial charge in [-0.3, -0.25) is 5.10 Å². The van der Waals surface area contributed by atoms with E-state index in [0.29, 0.717) is 0 Å². The highest BCUT2D eigenvalue weighted by Gasteiger charge is 2.62. The van der Waals surface area contributed by atoms with Gasteiger partial charge in [0.1, 0.15) is 17.3 Å². The fourth-order valence-corrected chi connectivity index (χ4v) is 2.27. The van der Waals surface area contributed by atoms with E-state index in [1.165, 1.54) is 0 Å². The maximum Gasteiger partial charge on any atom is 0.459 e. The van der Waals surface area contributed by atoms with Crippen LogP contribution in [-0.4, -0.2) is 34.5 Å². The van der Waals surface area contributed by atoms with Crippen LogP contribution in [0.15, 0.2) is 0 Å². The standard InChI is InChI=1S/C13H16F5N3O2/c1-11(2,3)23-10(22)8-7-6(4-5-19-8)20-21-9(7)12(14,15)13(16,17)18/h8,19H,4-5H2,1-3H3,(H,20,21). The Morgan fingerprint density at radius 2 is 1.83 bits per heavy atom. The average molecular weight is 341 g/mol. The number of esters is 1. The van der Waals surface area contributed by atoms with Gasteiger partial charge in [-0.05, 0) is 20.8 Å². The van der Waals surface area contributed by atoms with Crippen LogP contribution in [0, 0.1) is 0 Å². The summed E-state index contributed by atoms with van der Waals surface area (Å²) in [6.07, 6.45) is -5.67. The van der Waals surface area contributed by atoms with Crippen molar-refractivity contribution in [2.24, 2.45) is 0 Å². The second-order valence-corrected chi connectivity index (χ2v) is 6.21. The van der Waals surface area contributed by atoms with E-state index in [2.05, 4.69) is 15.5 Å². The number of nitrogens with zero attached hydrogens (tertiary/aromatic N) is 1. The number of alkyl halides is 5. The summed E-state index contributed by atoms with van der Waals surface area (Å²) >= 11 is 0. The highest BCUT2D eigenvalue weighted by Crippen LogP contribution is 2.46. The van der Waals surface area contributed by atoms with Crippen molar-refractivity contribution in [3.63, 3.8) is 0 Å². The first-order chi connectivity index (χ1) is 10.3. The zero-order valence-corrected chi connectivity index (χ0v) is 12.6. The molecule has 10 heteroatoms. The van der Waals surface area contributed by atoms with E-state index in [4.69, 9.17) is 4.74 Å². The average Bonchev–Trinajstić information content (AvgIpc) is 2.79. The van der Waals surface area contributed by atoms with Crippen LogP contribution < -0.4 is 5.32 Å². The molecule has 1 aromatic heterocycles. The molecule has 23 heavy (non-hydrogen) atoms. The number of hydrogen-bond donors (Lipinski definition) is 2. The van der Waals surface area contributed by atoms with Crippen molar-refractivity contribution >= 4 is 5.97 Å². The van der Waals surface area contributed by atoms with Gasteiger partial charge < -0.3 is 10.1 Å². The Bertz CT molecular complexity index is 604. The van der Waals surface area contributed by atoms with Crippen LogP contribution in [0.1, 0.15) is 43.8 Å². The molecular formula is C13H16F5N3O2. The zero-order chi connectivity index (χ0) is 17.6. The van der Waals surface area contributed by atoms with Crippen LogP contribution in [0.25, 0.3) is 0 Å². The fourth-order valence-electron chi connectivity index (χ4n) is 2.27. The van der Waals surface area contributed by atoms with E-state index in [0.717, 1.165) is 0 Å². The molecule has 0 saturated heterocycles. The number of H-pyrrole nitrogens is 1. The third kappa shape index (κ3) is 3.31. The molecule has 2 heterocycles. The second kappa shape index (κ2) is 5.43. The molecular weight excluding hydrogens is 325 g/mol. The Balaban J connectivity index is 2.46. The molecule has 0 aromatic carbocycles. The van der Waals surface area contributed by atoms with Crippen LogP contribution in [0.4, 0.5) is 22.0 Å². The lowest BCUT2D eigenvalue weighted by atomic mass is 9.95. The van der Waals surface area contributed by atoms with Crippen molar-refractivity contribution in [3.05, 3.63) is 17.0 Å². The van der Waals surface area contributed by atoms with Crippen LogP contribution >= 0.6 is 0 Å². The van der Waals surface area contributed by atoms with Crippen molar-refractivity contribution < 1.29 is 31.5 Å². The van der Waals surface area contributed by atoms with E-state index >= 15 is 0 Å². The van der Waals surface area contributed by atoms with Crippen LogP contribution in [0.2, 0.25) is 0 Å². The first-order valence-electron chi connectivity index (χ1n) is 6.83. The number of carbonyl (C=O) groups excluding carboxylic acids is 1. The Morgan fingerprint density at radius 1 is 1.22 bits per heavy atom. The molecule has 0 saturated carbocycles. The molecule has 0 bridgehead atoms. The topological polar surface area (TPSA) is 67.0 Å². The predicted molar refractivity (Wildman–Crippen MR) is 68.8 cm³/mol. The molecule has 2 rings (SSSR count). The maximum atomic E-state index is 13.7. The Hall–Kier alpha value is -1.71. The number of rotatable bonds is 2. The monoisotopic (exact) mass is 341 g/mol. The minimum atomic E-state index is -5.81. The van der Waals surface area contributed by atoms with Crippen molar-refractivity contribution in [1.82, 2.24) is 15.5 Å². The van der Waals surface area contributed by atoms with Gasteiger partial charge >= 0.3 is 18.1 Å². The lowest BCUT2D eigenvalue weighted by Crippen LogP contribution is -2.42. The quantitative estimate of drug-likeness (QED) is 0.641. The van der Waals surface area contributed by atoms with Gasteiger partial charge in [0.15, 0.2) is 0 Å². The first kappa shape index (κ1) is 17.6. The summed E-state index contributed by atoms with van der Waals surface area (Å²) in [5.74, 6) is -6.10. The van der Waals surface area contributed by atoms with Crippen molar-refractivity contribution in [3.8, 4) is 0 Å². The van der Waals surface area contributed by atoms with E-state index in [1.807, 2.05) is 0 Å². The molecule has 1 unspecified atom stereocenters. The van der Waals surface area contributed by atoms with Crippen LogP contribution in [0.3, 0.4) is 0 Å². The van der Waals surface area contributed by atoms with Gasteiger partial charge in [0.2, 0.25) is 0 Å². The molecule has 1 atom stereocenters. The molecule has 2 N–H and O–H groups in total. The predicted octanol–water partition coefficient (Wildman–Crippen LogP) is 2.59. The summed E-state index contributed by atoms with van der Waals surface area (Å²) in [7, 11) is 0. The van der Waals surface area contributed by atoms with Crippen molar-refractivity contribution in [2.75, 3.05) is 6.54 Å². The van der Waals surface area contributed by atoms with Crippen LogP contribution in [-0.2, 0) is 21.9 Å². The highest BCUT2D eigenvalue weighted by molar-refractivity contribution is 5.79. The Kier molecular flexibility index (Phi) is 4.16.